The van der Waals surface area contributed by atoms with Crippen LogP contribution in [0.2, 0.25) is 0 Å². The number of carbonyl (C=O) groups is 1. The van der Waals surface area contributed by atoms with Crippen LogP contribution in [0.1, 0.15) is 46.0 Å². The SMILES string of the molecule is CC(C)C1CCCC2(CC(=O)OC2CS(=O)(=O)F)C1. The topological polar surface area (TPSA) is 60.4 Å². The van der Waals surface area contributed by atoms with Crippen LogP contribution in [0.15, 0.2) is 0 Å². The van der Waals surface area contributed by atoms with Gasteiger partial charge in [0.1, 0.15) is 11.9 Å². The summed E-state index contributed by atoms with van der Waals surface area (Å²) in [4.78, 5) is 11.5. The van der Waals surface area contributed by atoms with E-state index < -0.39 is 33.5 Å². The number of hydrogen-bond acceptors (Lipinski definition) is 4. The van der Waals surface area contributed by atoms with Crippen molar-refractivity contribution in [3.63, 3.8) is 0 Å². The molecule has 1 heterocycles. The zero-order valence-electron chi connectivity index (χ0n) is 11.4. The minimum absolute atomic E-state index is 0.233. The van der Waals surface area contributed by atoms with Crippen molar-refractivity contribution in [2.45, 2.75) is 52.1 Å². The zero-order valence-corrected chi connectivity index (χ0v) is 12.2. The normalized spacial score (nSPS) is 35.9. The second-order valence-electron chi connectivity index (χ2n) is 6.32. The molecule has 0 bridgehead atoms. The van der Waals surface area contributed by atoms with Crippen LogP contribution >= 0.6 is 0 Å². The molecule has 1 aliphatic heterocycles. The maximum absolute atomic E-state index is 12.9. The van der Waals surface area contributed by atoms with Crippen molar-refractivity contribution in [2.24, 2.45) is 17.3 Å². The van der Waals surface area contributed by atoms with E-state index >= 15 is 0 Å². The monoisotopic (exact) mass is 292 g/mol. The Morgan fingerprint density at radius 1 is 1.47 bits per heavy atom. The molecule has 1 aliphatic carbocycles. The van der Waals surface area contributed by atoms with E-state index in [-0.39, 0.29) is 6.42 Å². The van der Waals surface area contributed by atoms with Crippen molar-refractivity contribution in [3.8, 4) is 0 Å². The van der Waals surface area contributed by atoms with Gasteiger partial charge in [0.2, 0.25) is 0 Å². The fourth-order valence-corrected chi connectivity index (χ4v) is 4.37. The average molecular weight is 292 g/mol. The van der Waals surface area contributed by atoms with E-state index in [4.69, 9.17) is 4.74 Å². The Morgan fingerprint density at radius 2 is 2.16 bits per heavy atom. The van der Waals surface area contributed by atoms with Gasteiger partial charge in [-0.15, -0.1) is 3.89 Å². The van der Waals surface area contributed by atoms with Gasteiger partial charge in [-0.3, -0.25) is 4.79 Å². The number of esters is 1. The minimum atomic E-state index is -4.62. The predicted octanol–water partition coefficient (Wildman–Crippen LogP) is 2.43. The molecule has 0 aromatic rings. The van der Waals surface area contributed by atoms with Gasteiger partial charge in [-0.1, -0.05) is 26.7 Å². The molecule has 1 spiro atoms. The summed E-state index contributed by atoms with van der Waals surface area (Å²) in [5, 5.41) is 0. The smallest absolute Gasteiger partial charge is 0.306 e. The lowest BCUT2D eigenvalue weighted by atomic mass is 9.64. The number of carbonyl (C=O) groups excluding carboxylic acids is 1. The number of halogens is 1. The third kappa shape index (κ3) is 3.27. The molecule has 0 aromatic heterocycles. The lowest BCUT2D eigenvalue weighted by Gasteiger charge is -2.41. The highest BCUT2D eigenvalue weighted by Gasteiger charge is 2.52. The molecular weight excluding hydrogens is 271 g/mol. The third-order valence-electron chi connectivity index (χ3n) is 4.66. The predicted molar refractivity (Wildman–Crippen MR) is 68.6 cm³/mol. The highest BCUT2D eigenvalue weighted by Crippen LogP contribution is 2.51. The Morgan fingerprint density at radius 3 is 2.74 bits per heavy atom. The van der Waals surface area contributed by atoms with Crippen LogP contribution in [0.3, 0.4) is 0 Å². The quantitative estimate of drug-likeness (QED) is 0.592. The van der Waals surface area contributed by atoms with Crippen LogP contribution in [-0.2, 0) is 19.8 Å². The Kier molecular flexibility index (Phi) is 3.91. The van der Waals surface area contributed by atoms with Crippen molar-refractivity contribution >= 4 is 16.2 Å². The molecule has 2 aliphatic rings. The molecule has 0 aromatic carbocycles. The summed E-state index contributed by atoms with van der Waals surface area (Å²) in [6.07, 6.45) is 2.97. The van der Waals surface area contributed by atoms with Gasteiger partial charge in [-0.25, -0.2) is 0 Å². The summed E-state index contributed by atoms with van der Waals surface area (Å²) in [6, 6.07) is 0. The van der Waals surface area contributed by atoms with E-state index in [1.54, 1.807) is 0 Å². The molecule has 0 N–H and O–H groups in total. The van der Waals surface area contributed by atoms with E-state index in [2.05, 4.69) is 13.8 Å². The molecule has 0 radical (unpaired) electrons. The Labute approximate surface area is 113 Å². The maximum atomic E-state index is 12.9. The molecule has 1 saturated carbocycles. The molecule has 3 atom stereocenters. The molecule has 0 amide bonds. The van der Waals surface area contributed by atoms with Crippen LogP contribution in [0.25, 0.3) is 0 Å². The van der Waals surface area contributed by atoms with Crippen LogP contribution in [0.4, 0.5) is 3.89 Å². The first kappa shape index (κ1) is 14.8. The van der Waals surface area contributed by atoms with Gasteiger partial charge in [0.15, 0.2) is 0 Å². The van der Waals surface area contributed by atoms with Crippen LogP contribution in [0, 0.1) is 17.3 Å². The Bertz CT molecular complexity index is 459. The summed E-state index contributed by atoms with van der Waals surface area (Å²) in [6.45, 7) is 4.25. The molecular formula is C13H21FO4S. The van der Waals surface area contributed by atoms with Gasteiger partial charge in [0.05, 0.1) is 6.42 Å². The van der Waals surface area contributed by atoms with Gasteiger partial charge < -0.3 is 4.74 Å². The highest BCUT2D eigenvalue weighted by atomic mass is 32.3. The van der Waals surface area contributed by atoms with Gasteiger partial charge in [-0.05, 0) is 24.7 Å². The van der Waals surface area contributed by atoms with Crippen molar-refractivity contribution in [3.05, 3.63) is 0 Å². The van der Waals surface area contributed by atoms with Crippen LogP contribution < -0.4 is 0 Å². The summed E-state index contributed by atoms with van der Waals surface area (Å²) in [5.41, 5.74) is -0.469. The van der Waals surface area contributed by atoms with Crippen molar-refractivity contribution < 1.29 is 21.8 Å². The van der Waals surface area contributed by atoms with Gasteiger partial charge >= 0.3 is 16.2 Å². The van der Waals surface area contributed by atoms with Crippen molar-refractivity contribution in [1.29, 1.82) is 0 Å². The molecule has 3 unspecified atom stereocenters. The number of ether oxygens (including phenoxy) is 1. The molecule has 2 fully saturated rings. The fraction of sp³-hybridized carbons (Fsp3) is 0.923. The second-order valence-corrected chi connectivity index (χ2v) is 7.73. The highest BCUT2D eigenvalue weighted by molar-refractivity contribution is 7.86. The van der Waals surface area contributed by atoms with E-state index in [1.807, 2.05) is 0 Å². The first-order valence-electron chi connectivity index (χ1n) is 6.84. The van der Waals surface area contributed by atoms with Gasteiger partial charge in [0.25, 0.3) is 0 Å². The number of hydrogen-bond donors (Lipinski definition) is 0. The van der Waals surface area contributed by atoms with E-state index in [9.17, 15) is 17.1 Å². The van der Waals surface area contributed by atoms with E-state index in [0.29, 0.717) is 11.8 Å². The van der Waals surface area contributed by atoms with Crippen LogP contribution in [0.5, 0.6) is 0 Å². The first-order chi connectivity index (χ1) is 8.72. The maximum Gasteiger partial charge on any atom is 0.306 e. The average Bonchev–Trinajstić information content (AvgIpc) is 2.52. The van der Waals surface area contributed by atoms with E-state index in [0.717, 1.165) is 25.7 Å². The molecule has 2 rings (SSSR count). The lowest BCUT2D eigenvalue weighted by molar-refractivity contribution is -0.141. The summed E-state index contributed by atoms with van der Waals surface area (Å²) in [7, 11) is -4.62. The van der Waals surface area contributed by atoms with E-state index in [1.165, 1.54) is 0 Å². The zero-order chi connectivity index (χ0) is 14.3. The lowest BCUT2D eigenvalue weighted by Crippen LogP contribution is -2.40. The molecule has 4 nitrogen and oxygen atoms in total. The Hall–Kier alpha value is -0.650. The number of rotatable bonds is 3. The van der Waals surface area contributed by atoms with Crippen molar-refractivity contribution in [1.82, 2.24) is 0 Å². The minimum Gasteiger partial charge on any atom is -0.461 e. The summed E-state index contributed by atoms with van der Waals surface area (Å²) < 4.78 is 39.8. The summed E-state index contributed by atoms with van der Waals surface area (Å²) in [5.74, 6) is -0.148. The fourth-order valence-electron chi connectivity index (χ4n) is 3.58. The molecule has 110 valence electrons. The molecule has 19 heavy (non-hydrogen) atoms. The standard InChI is InChI=1S/C13H21FO4S/c1-9(2)10-4-3-5-13(6-10)7-12(15)18-11(13)8-19(14,16)17/h9-11H,3-8H2,1-2H3. The summed E-state index contributed by atoms with van der Waals surface area (Å²) >= 11 is 0. The second kappa shape index (κ2) is 5.04. The molecule has 6 heteroatoms. The largest absolute Gasteiger partial charge is 0.461 e. The van der Waals surface area contributed by atoms with Gasteiger partial charge in [0, 0.05) is 5.41 Å². The molecule has 1 saturated heterocycles. The van der Waals surface area contributed by atoms with Crippen molar-refractivity contribution in [2.75, 3.05) is 5.75 Å². The third-order valence-corrected chi connectivity index (χ3v) is 5.37. The van der Waals surface area contributed by atoms with Crippen LogP contribution in [-0.4, -0.2) is 26.2 Å². The Balaban J connectivity index is 2.21. The van der Waals surface area contributed by atoms with Gasteiger partial charge in [-0.2, -0.15) is 8.42 Å². The first-order valence-corrected chi connectivity index (χ1v) is 8.39. The number of cyclic esters (lactones) is 1.